The molecular weight excluding hydrogens is 714 g/mol. The summed E-state index contributed by atoms with van der Waals surface area (Å²) in [7, 11) is 4.24. The second-order valence-electron chi connectivity index (χ2n) is 15.8. The van der Waals surface area contributed by atoms with E-state index in [1.165, 1.54) is 18.9 Å². The Labute approximate surface area is 325 Å². The molecule has 12 nitrogen and oxygen atoms in total. The van der Waals surface area contributed by atoms with Gasteiger partial charge in [-0.05, 0) is 96.9 Å². The van der Waals surface area contributed by atoms with E-state index in [1.54, 1.807) is 10.8 Å². The summed E-state index contributed by atoms with van der Waals surface area (Å²) in [4.78, 5) is 47.3. The fraction of sp³-hybridized carbons (Fsp3) is 0.465. The number of fused-ring (bicyclic) bond motifs is 5. The van der Waals surface area contributed by atoms with Gasteiger partial charge in [-0.15, -0.1) is 0 Å². The quantitative estimate of drug-likeness (QED) is 0.142. The molecule has 3 saturated heterocycles. The molecule has 4 aliphatic rings. The minimum Gasteiger partial charge on any atom is -0.456 e. The first-order chi connectivity index (χ1) is 26.7. The number of rotatable bonds is 11. The fourth-order valence-electron chi connectivity index (χ4n) is 9.25. The molecule has 13 heteroatoms. The highest BCUT2D eigenvalue weighted by atomic mass is 19.1. The summed E-state index contributed by atoms with van der Waals surface area (Å²) < 4.78 is 31.2. The number of anilines is 1. The van der Waals surface area contributed by atoms with Gasteiger partial charge in [0.25, 0.3) is 5.91 Å². The van der Waals surface area contributed by atoms with Crippen LogP contribution in [0.1, 0.15) is 62.7 Å². The number of pyridine rings is 1. The molecule has 2 unspecified atom stereocenters. The number of para-hydroxylation sites is 1. The summed E-state index contributed by atoms with van der Waals surface area (Å²) >= 11 is 0. The van der Waals surface area contributed by atoms with Crippen molar-refractivity contribution in [1.29, 1.82) is 0 Å². The topological polar surface area (TPSA) is 124 Å². The van der Waals surface area contributed by atoms with E-state index in [4.69, 9.17) is 9.15 Å². The lowest BCUT2D eigenvalue weighted by atomic mass is 10.0. The highest BCUT2D eigenvalue weighted by molar-refractivity contribution is 6.07. The van der Waals surface area contributed by atoms with Crippen LogP contribution in [-0.4, -0.2) is 104 Å². The lowest BCUT2D eigenvalue weighted by Crippen LogP contribution is -2.42. The van der Waals surface area contributed by atoms with Gasteiger partial charge in [0.05, 0.1) is 17.6 Å². The van der Waals surface area contributed by atoms with Gasteiger partial charge in [-0.3, -0.25) is 14.4 Å². The normalized spacial score (nSPS) is 20.8. The van der Waals surface area contributed by atoms with Crippen molar-refractivity contribution in [1.82, 2.24) is 30.3 Å². The number of halogens is 1. The largest absolute Gasteiger partial charge is 0.456 e. The molecule has 3 aromatic carbocycles. The smallest absolute Gasteiger partial charge is 0.256 e. The van der Waals surface area contributed by atoms with Gasteiger partial charge in [-0.25, -0.2) is 4.39 Å². The molecule has 2 amide bonds. The number of carbonyl (C=O) groups is 2. The fourth-order valence-corrected chi connectivity index (χ4v) is 9.25. The third-order valence-corrected chi connectivity index (χ3v) is 12.3. The van der Waals surface area contributed by atoms with Gasteiger partial charge in [-0.1, -0.05) is 25.6 Å². The number of nitrogens with one attached hydrogen (secondary N) is 3. The van der Waals surface area contributed by atoms with Crippen LogP contribution in [0.25, 0.3) is 38.5 Å². The average molecular weight is 766 g/mol. The summed E-state index contributed by atoms with van der Waals surface area (Å²) in [6.07, 6.45) is 8.57. The molecule has 0 saturated carbocycles. The van der Waals surface area contributed by atoms with Crippen molar-refractivity contribution >= 4 is 50.3 Å². The Morgan fingerprint density at radius 3 is 2.39 bits per heavy atom. The van der Waals surface area contributed by atoms with E-state index in [2.05, 4.69) is 39.8 Å². The molecule has 3 N–H and O–H groups in total. The predicted octanol–water partition coefficient (Wildman–Crippen LogP) is 5.75. The van der Waals surface area contributed by atoms with Crippen molar-refractivity contribution in [2.75, 3.05) is 64.8 Å². The van der Waals surface area contributed by atoms with Crippen LogP contribution in [0, 0.1) is 5.82 Å². The first-order valence-corrected chi connectivity index (χ1v) is 19.7. The van der Waals surface area contributed by atoms with E-state index in [-0.39, 0.29) is 48.3 Å². The molecule has 6 heterocycles. The standard InChI is InChI=1S/C42H48FN7O5.CH4/c1-47-16-5-7-26(47)11-14-44-22-37(51)46-25-13-18-49(23-25)39-32(43)19-30-38-41(39)55-36-20-29-28-9-3-4-10-34(28)54-35(29)21-33(36)50(38)24-31(40(30)52)42(53)45-15-12-27-8-6-17-48(27)2;/h3-4,9-10,19-21,24-27,44H,5-8,11-18,22-23H2,1-2H3,(H,45,53)(H,46,51);1H4/t25-,26?,27?;/m1./s1. The number of benzene rings is 3. The summed E-state index contributed by atoms with van der Waals surface area (Å²) in [6, 6.07) is 13.4. The molecule has 3 atom stereocenters. The van der Waals surface area contributed by atoms with Gasteiger partial charge in [-0.2, -0.15) is 0 Å². The SMILES string of the molecule is C.CN1CCCC1CCNCC(=O)N[C@@H]1CCN(c2c(F)cc3c(=O)c(C(=O)NCCC4CCCN4C)cn4c3c2Oc2cc3c(cc2-4)oc2ccccc23)C1. The van der Waals surface area contributed by atoms with Crippen molar-refractivity contribution in [2.24, 2.45) is 0 Å². The Hall–Kier alpha value is -4.98. The van der Waals surface area contributed by atoms with Gasteiger partial charge >= 0.3 is 0 Å². The molecule has 0 aliphatic carbocycles. The highest BCUT2D eigenvalue weighted by Crippen LogP contribution is 2.49. The number of hydrogen-bond donors (Lipinski definition) is 3. The maximum atomic E-state index is 16.5. The highest BCUT2D eigenvalue weighted by Gasteiger charge is 2.34. The van der Waals surface area contributed by atoms with Crippen molar-refractivity contribution in [3.05, 3.63) is 70.3 Å². The zero-order valence-corrected chi connectivity index (χ0v) is 31.5. The first kappa shape index (κ1) is 37.9. The maximum absolute atomic E-state index is 16.5. The van der Waals surface area contributed by atoms with E-state index >= 15 is 4.39 Å². The molecular formula is C43H52FN7O5. The molecule has 56 heavy (non-hydrogen) atoms. The monoisotopic (exact) mass is 765 g/mol. The summed E-state index contributed by atoms with van der Waals surface area (Å²) in [5, 5.41) is 11.1. The number of aromatic nitrogens is 1. The third-order valence-electron chi connectivity index (χ3n) is 12.3. The number of amides is 2. The van der Waals surface area contributed by atoms with E-state index in [0.717, 1.165) is 56.1 Å². The Morgan fingerprint density at radius 2 is 1.64 bits per heavy atom. The Morgan fingerprint density at radius 1 is 0.893 bits per heavy atom. The molecule has 3 fully saturated rings. The van der Waals surface area contributed by atoms with Crippen LogP contribution >= 0.6 is 0 Å². The molecule has 0 spiro atoms. The molecule has 4 aliphatic heterocycles. The van der Waals surface area contributed by atoms with E-state index < -0.39 is 17.2 Å². The van der Waals surface area contributed by atoms with Crippen LogP contribution in [0.15, 0.2) is 57.9 Å². The minimum absolute atomic E-state index is 0. The lowest BCUT2D eigenvalue weighted by Gasteiger charge is -2.29. The van der Waals surface area contributed by atoms with Gasteiger partial charge in [0.2, 0.25) is 11.3 Å². The van der Waals surface area contributed by atoms with E-state index in [1.807, 2.05) is 41.3 Å². The average Bonchev–Trinajstić information content (AvgIpc) is 3.98. The number of furan rings is 1. The van der Waals surface area contributed by atoms with Crippen LogP contribution in [0.5, 0.6) is 11.5 Å². The zero-order chi connectivity index (χ0) is 37.8. The van der Waals surface area contributed by atoms with Crippen LogP contribution in [0.3, 0.4) is 0 Å². The minimum atomic E-state index is -0.628. The zero-order valence-electron chi connectivity index (χ0n) is 31.5. The Bertz CT molecular complexity index is 2370. The van der Waals surface area contributed by atoms with Crippen LogP contribution in [0.2, 0.25) is 0 Å². The third kappa shape index (κ3) is 6.90. The molecule has 296 valence electrons. The summed E-state index contributed by atoms with van der Waals surface area (Å²) in [6.45, 7) is 4.42. The maximum Gasteiger partial charge on any atom is 0.256 e. The second-order valence-corrected chi connectivity index (χ2v) is 15.8. The predicted molar refractivity (Wildman–Crippen MR) is 218 cm³/mol. The number of ether oxygens (including phenoxy) is 1. The number of nitrogens with zero attached hydrogens (tertiary/aromatic N) is 4. The van der Waals surface area contributed by atoms with Crippen molar-refractivity contribution in [2.45, 2.75) is 70.5 Å². The lowest BCUT2D eigenvalue weighted by molar-refractivity contribution is -0.120. The van der Waals surface area contributed by atoms with Gasteiger partial charge in [0, 0.05) is 60.8 Å². The number of carbonyl (C=O) groups excluding carboxylic acids is 2. The summed E-state index contributed by atoms with van der Waals surface area (Å²) in [5.74, 6) is -0.578. The van der Waals surface area contributed by atoms with Crippen molar-refractivity contribution in [3.63, 3.8) is 0 Å². The molecule has 0 bridgehead atoms. The van der Waals surface area contributed by atoms with E-state index in [0.29, 0.717) is 66.3 Å². The van der Waals surface area contributed by atoms with Gasteiger partial charge < -0.3 is 44.4 Å². The van der Waals surface area contributed by atoms with Crippen molar-refractivity contribution in [3.8, 4) is 17.2 Å². The molecule has 0 radical (unpaired) electrons. The Kier molecular flexibility index (Phi) is 10.5. The second kappa shape index (κ2) is 15.5. The van der Waals surface area contributed by atoms with Crippen LogP contribution in [-0.2, 0) is 4.79 Å². The molecule has 5 aromatic rings. The number of likely N-dealkylation sites (tertiary alicyclic amines) is 2. The number of hydrogen-bond acceptors (Lipinski definition) is 9. The van der Waals surface area contributed by atoms with Gasteiger partial charge in [0.15, 0.2) is 17.3 Å². The van der Waals surface area contributed by atoms with Crippen molar-refractivity contribution < 1.29 is 23.1 Å². The molecule has 2 aromatic heterocycles. The molecule has 9 rings (SSSR count). The van der Waals surface area contributed by atoms with Gasteiger partial charge in [0.1, 0.15) is 27.9 Å². The Balaban J connectivity index is 0.00000441. The van der Waals surface area contributed by atoms with Crippen LogP contribution < -0.4 is 31.0 Å². The van der Waals surface area contributed by atoms with Crippen LogP contribution in [0.4, 0.5) is 10.1 Å². The van der Waals surface area contributed by atoms with E-state index in [9.17, 15) is 14.4 Å². The first-order valence-electron chi connectivity index (χ1n) is 19.7. The summed E-state index contributed by atoms with van der Waals surface area (Å²) in [5.41, 5.74) is 1.85.